The zero-order valence-electron chi connectivity index (χ0n) is 21.2. The number of hydrogen-bond donors (Lipinski definition) is 2. The van der Waals surface area contributed by atoms with Crippen molar-refractivity contribution < 1.29 is 26.7 Å². The number of nitrogens with one attached hydrogen (secondary N) is 2. The second kappa shape index (κ2) is 11.8. The zero-order chi connectivity index (χ0) is 28.9. The number of rotatable bonds is 8. The predicted octanol–water partition coefficient (Wildman–Crippen LogP) is 6.91. The van der Waals surface area contributed by atoms with Gasteiger partial charge in [0.15, 0.2) is 10.9 Å². The van der Waals surface area contributed by atoms with Crippen molar-refractivity contribution in [2.75, 3.05) is 5.32 Å². The highest BCUT2D eigenvalue weighted by molar-refractivity contribution is 7.80. The van der Waals surface area contributed by atoms with Gasteiger partial charge in [0.25, 0.3) is 0 Å². The van der Waals surface area contributed by atoms with Gasteiger partial charge in [-0.2, -0.15) is 27.1 Å². The average molecular weight is 575 g/mol. The number of para-hydroxylation sites is 1. The molecule has 0 aliphatic carbocycles. The molecule has 1 heterocycles. The molecule has 7 nitrogen and oxygen atoms in total. The molecule has 0 unspecified atom stereocenters. The summed E-state index contributed by atoms with van der Waals surface area (Å²) in [5, 5.41) is 12.0. The molecule has 4 aromatic rings. The molecule has 40 heavy (non-hydrogen) atoms. The van der Waals surface area contributed by atoms with E-state index in [0.29, 0.717) is 28.1 Å². The van der Waals surface area contributed by atoms with Crippen LogP contribution in [0.1, 0.15) is 30.9 Å². The van der Waals surface area contributed by atoms with E-state index < -0.39 is 18.0 Å². The molecule has 0 aliphatic rings. The van der Waals surface area contributed by atoms with Crippen molar-refractivity contribution in [3.05, 3.63) is 90.3 Å². The molecule has 0 saturated heterocycles. The maximum atomic E-state index is 13.1. The van der Waals surface area contributed by atoms with Gasteiger partial charge in [0.1, 0.15) is 12.1 Å². The summed E-state index contributed by atoms with van der Waals surface area (Å²) in [6, 6.07) is 19.6. The predicted molar refractivity (Wildman–Crippen MR) is 146 cm³/mol. The second-order valence-electron chi connectivity index (χ2n) is 8.81. The molecule has 13 heteroatoms. The summed E-state index contributed by atoms with van der Waals surface area (Å²) in [4.78, 5) is 4.23. The van der Waals surface area contributed by atoms with Gasteiger partial charge in [-0.15, -0.1) is 5.10 Å². The maximum Gasteiger partial charge on any atom is 0.499 e. The summed E-state index contributed by atoms with van der Waals surface area (Å²) >= 11 is 5.33. The molecule has 208 valence electrons. The molecule has 3 aromatic carbocycles. The van der Waals surface area contributed by atoms with Gasteiger partial charge >= 0.3 is 12.3 Å². The highest BCUT2D eigenvalue weighted by Crippen LogP contribution is 2.37. The van der Waals surface area contributed by atoms with E-state index in [0.717, 1.165) is 28.9 Å². The van der Waals surface area contributed by atoms with E-state index >= 15 is 0 Å². The van der Waals surface area contributed by atoms with Crippen LogP contribution in [0.4, 0.5) is 27.6 Å². The SMILES string of the molecule is CC(C)c1ccccc1NC(=S)NN=Cc1ccc(-c2ncn(-c3ccc(OC(F)(F)C(F)(F)F)cc3)n2)cc1. The Morgan fingerprint density at radius 2 is 1.65 bits per heavy atom. The second-order valence-corrected chi connectivity index (χ2v) is 9.22. The highest BCUT2D eigenvalue weighted by atomic mass is 32.1. The minimum absolute atomic E-state index is 0.331. The number of nitrogens with zero attached hydrogens (tertiary/aromatic N) is 4. The first-order chi connectivity index (χ1) is 18.9. The van der Waals surface area contributed by atoms with Crippen molar-refractivity contribution in [3.8, 4) is 22.8 Å². The number of hydrogen-bond acceptors (Lipinski definition) is 5. The van der Waals surface area contributed by atoms with Gasteiger partial charge in [-0.25, -0.2) is 9.67 Å². The minimum Gasteiger partial charge on any atom is -0.426 e. The Balaban J connectivity index is 1.35. The number of benzene rings is 3. The smallest absolute Gasteiger partial charge is 0.426 e. The summed E-state index contributed by atoms with van der Waals surface area (Å²) < 4.78 is 68.3. The van der Waals surface area contributed by atoms with Gasteiger partial charge in [-0.05, 0) is 59.6 Å². The van der Waals surface area contributed by atoms with Gasteiger partial charge in [0, 0.05) is 11.3 Å². The molecule has 0 spiro atoms. The Bertz CT molecular complexity index is 1480. The molecule has 0 amide bonds. The molecule has 0 atom stereocenters. The van der Waals surface area contributed by atoms with Crippen LogP contribution in [0, 0.1) is 0 Å². The van der Waals surface area contributed by atoms with Gasteiger partial charge in [0.2, 0.25) is 0 Å². The largest absolute Gasteiger partial charge is 0.499 e. The highest BCUT2D eigenvalue weighted by Gasteiger charge is 2.61. The first kappa shape index (κ1) is 28.6. The molecule has 0 bridgehead atoms. The van der Waals surface area contributed by atoms with Crippen molar-refractivity contribution in [1.82, 2.24) is 20.2 Å². The Hall–Kier alpha value is -4.39. The summed E-state index contributed by atoms with van der Waals surface area (Å²) in [6.45, 7) is 4.20. The third kappa shape index (κ3) is 6.97. The maximum absolute atomic E-state index is 13.1. The van der Waals surface area contributed by atoms with Crippen LogP contribution in [0.15, 0.2) is 84.2 Å². The summed E-state index contributed by atoms with van der Waals surface area (Å²) in [7, 11) is 0. The molecule has 0 fully saturated rings. The van der Waals surface area contributed by atoms with Crippen molar-refractivity contribution in [1.29, 1.82) is 0 Å². The summed E-state index contributed by atoms with van der Waals surface area (Å²) in [6.07, 6.45) is -8.14. The monoisotopic (exact) mass is 574 g/mol. The lowest BCUT2D eigenvalue weighted by molar-refractivity contribution is -0.360. The van der Waals surface area contributed by atoms with Crippen LogP contribution < -0.4 is 15.5 Å². The van der Waals surface area contributed by atoms with Gasteiger partial charge in [-0.3, -0.25) is 5.43 Å². The molecular formula is C27H23F5N6OS. The number of aromatic nitrogens is 3. The third-order valence-corrected chi connectivity index (χ3v) is 5.74. The van der Waals surface area contributed by atoms with Gasteiger partial charge in [-0.1, -0.05) is 56.3 Å². The fraction of sp³-hybridized carbons (Fsp3) is 0.185. The topological polar surface area (TPSA) is 76.4 Å². The van der Waals surface area contributed by atoms with E-state index in [9.17, 15) is 22.0 Å². The number of ether oxygens (including phenoxy) is 1. The standard InChI is InChI=1S/C27H23F5N6OS/c1-17(2)22-5-3-4-6-23(22)35-25(40)36-34-15-18-7-9-19(10-8-18)24-33-16-38(37-24)20-11-13-21(14-12-20)39-27(31,32)26(28,29)30/h3-17H,1-2H3,(H2,35,36,40). The number of halogens is 5. The van der Waals surface area contributed by atoms with E-state index in [1.165, 1.54) is 23.1 Å². The Labute approximate surface area is 231 Å². The lowest BCUT2D eigenvalue weighted by Gasteiger charge is -2.20. The van der Waals surface area contributed by atoms with Gasteiger partial charge in [0.05, 0.1) is 11.9 Å². The van der Waals surface area contributed by atoms with Crippen LogP contribution in [0.5, 0.6) is 5.75 Å². The van der Waals surface area contributed by atoms with Crippen LogP contribution in [0.2, 0.25) is 0 Å². The molecule has 2 N–H and O–H groups in total. The molecule has 0 aliphatic heterocycles. The van der Waals surface area contributed by atoms with Crippen LogP contribution in [-0.2, 0) is 0 Å². The zero-order valence-corrected chi connectivity index (χ0v) is 22.0. The van der Waals surface area contributed by atoms with Crippen LogP contribution in [-0.4, -0.2) is 38.4 Å². The first-order valence-corrected chi connectivity index (χ1v) is 12.3. The van der Waals surface area contributed by atoms with Gasteiger partial charge < -0.3 is 10.1 Å². The summed E-state index contributed by atoms with van der Waals surface area (Å²) in [5.74, 6) is 0.0619. The number of thiocarbonyl (C=S) groups is 1. The van der Waals surface area contributed by atoms with E-state index in [-0.39, 0.29) is 0 Å². The third-order valence-electron chi connectivity index (χ3n) is 5.55. The Morgan fingerprint density at radius 1 is 0.975 bits per heavy atom. The Morgan fingerprint density at radius 3 is 2.30 bits per heavy atom. The van der Waals surface area contributed by atoms with E-state index in [1.807, 2.05) is 24.3 Å². The normalized spacial score (nSPS) is 12.1. The average Bonchev–Trinajstić information content (AvgIpc) is 3.39. The Kier molecular flexibility index (Phi) is 8.43. The lowest BCUT2D eigenvalue weighted by Crippen LogP contribution is -2.41. The molecular weight excluding hydrogens is 551 g/mol. The fourth-order valence-electron chi connectivity index (χ4n) is 3.54. The van der Waals surface area contributed by atoms with Crippen LogP contribution >= 0.6 is 12.2 Å². The van der Waals surface area contributed by atoms with Crippen molar-refractivity contribution >= 4 is 29.2 Å². The molecule has 0 radical (unpaired) electrons. The van der Waals surface area contributed by atoms with E-state index in [4.69, 9.17) is 12.2 Å². The fourth-order valence-corrected chi connectivity index (χ4v) is 3.70. The van der Waals surface area contributed by atoms with Crippen molar-refractivity contribution in [3.63, 3.8) is 0 Å². The number of alkyl halides is 5. The quantitative estimate of drug-likeness (QED) is 0.103. The molecule has 4 rings (SSSR count). The lowest BCUT2D eigenvalue weighted by atomic mass is 10.0. The summed E-state index contributed by atoms with van der Waals surface area (Å²) in [5.41, 5.74) is 6.70. The van der Waals surface area contributed by atoms with Crippen molar-refractivity contribution in [2.45, 2.75) is 32.1 Å². The van der Waals surface area contributed by atoms with Crippen LogP contribution in [0.25, 0.3) is 17.1 Å². The number of hydrazone groups is 1. The molecule has 1 aromatic heterocycles. The first-order valence-electron chi connectivity index (χ1n) is 11.9. The molecule has 0 saturated carbocycles. The van der Waals surface area contributed by atoms with Crippen LogP contribution in [0.3, 0.4) is 0 Å². The number of anilines is 1. The minimum atomic E-state index is -5.82. The van der Waals surface area contributed by atoms with E-state index in [2.05, 4.69) is 44.5 Å². The van der Waals surface area contributed by atoms with Crippen molar-refractivity contribution in [2.24, 2.45) is 5.10 Å². The van der Waals surface area contributed by atoms with E-state index in [1.54, 1.807) is 30.5 Å².